The lowest BCUT2D eigenvalue weighted by Gasteiger charge is -1.95. The van der Waals surface area contributed by atoms with E-state index in [4.69, 9.17) is 0 Å². The van der Waals surface area contributed by atoms with Crippen molar-refractivity contribution in [2.45, 2.75) is 19.9 Å². The highest BCUT2D eigenvalue weighted by Crippen LogP contribution is 2.01. The Balaban J connectivity index is 2.57. The van der Waals surface area contributed by atoms with Crippen LogP contribution in [0.2, 0.25) is 0 Å². The lowest BCUT2D eigenvalue weighted by Crippen LogP contribution is -2.08. The first-order valence-corrected chi connectivity index (χ1v) is 4.50. The van der Waals surface area contributed by atoms with Gasteiger partial charge in [0.25, 0.3) is 0 Å². The highest BCUT2D eigenvalue weighted by Gasteiger charge is 2.00. The summed E-state index contributed by atoms with van der Waals surface area (Å²) in [5, 5.41) is 3.99. The normalized spacial score (nSPS) is 10.0. The van der Waals surface area contributed by atoms with Gasteiger partial charge in [-0.2, -0.15) is 5.10 Å². The SMILES string of the molecule is CCC(=O)Cn1cc(I)cn1. The van der Waals surface area contributed by atoms with E-state index in [1.807, 2.05) is 13.1 Å². The van der Waals surface area contributed by atoms with Crippen molar-refractivity contribution in [2.75, 3.05) is 0 Å². The highest BCUT2D eigenvalue weighted by atomic mass is 127. The Labute approximate surface area is 78.9 Å². The first kappa shape index (κ1) is 8.70. The van der Waals surface area contributed by atoms with Gasteiger partial charge in [0.2, 0.25) is 0 Å². The van der Waals surface area contributed by atoms with Gasteiger partial charge in [-0.15, -0.1) is 0 Å². The quantitative estimate of drug-likeness (QED) is 0.775. The molecule has 1 rings (SSSR count). The molecule has 4 heteroatoms. The monoisotopic (exact) mass is 264 g/mol. The molecule has 0 radical (unpaired) electrons. The minimum atomic E-state index is 0.213. The summed E-state index contributed by atoms with van der Waals surface area (Å²) in [5.74, 6) is 0.213. The van der Waals surface area contributed by atoms with Crippen molar-refractivity contribution in [3.8, 4) is 0 Å². The maximum atomic E-state index is 10.9. The molecule has 0 aliphatic heterocycles. The van der Waals surface area contributed by atoms with Crippen LogP contribution in [-0.4, -0.2) is 15.6 Å². The van der Waals surface area contributed by atoms with Crippen molar-refractivity contribution in [1.29, 1.82) is 0 Å². The first-order valence-electron chi connectivity index (χ1n) is 3.42. The van der Waals surface area contributed by atoms with Gasteiger partial charge >= 0.3 is 0 Å². The van der Waals surface area contributed by atoms with E-state index in [0.29, 0.717) is 13.0 Å². The van der Waals surface area contributed by atoms with E-state index >= 15 is 0 Å². The summed E-state index contributed by atoms with van der Waals surface area (Å²) in [4.78, 5) is 10.9. The van der Waals surface area contributed by atoms with E-state index < -0.39 is 0 Å². The Kier molecular flexibility index (Phi) is 3.04. The van der Waals surface area contributed by atoms with Crippen LogP contribution in [0.4, 0.5) is 0 Å². The van der Waals surface area contributed by atoms with Gasteiger partial charge in [-0.05, 0) is 22.6 Å². The molecule has 0 aliphatic carbocycles. The van der Waals surface area contributed by atoms with Gasteiger partial charge < -0.3 is 0 Å². The Morgan fingerprint density at radius 2 is 2.55 bits per heavy atom. The fourth-order valence-corrected chi connectivity index (χ4v) is 1.16. The van der Waals surface area contributed by atoms with Crippen LogP contribution in [0.3, 0.4) is 0 Å². The van der Waals surface area contributed by atoms with Gasteiger partial charge in [-0.3, -0.25) is 9.48 Å². The number of nitrogens with zero attached hydrogens (tertiary/aromatic N) is 2. The second-order valence-corrected chi connectivity index (χ2v) is 3.49. The second kappa shape index (κ2) is 3.85. The van der Waals surface area contributed by atoms with Gasteiger partial charge in [0, 0.05) is 12.6 Å². The highest BCUT2D eigenvalue weighted by molar-refractivity contribution is 14.1. The first-order chi connectivity index (χ1) is 5.22. The van der Waals surface area contributed by atoms with Crippen LogP contribution in [0.5, 0.6) is 0 Å². The topological polar surface area (TPSA) is 34.9 Å². The lowest BCUT2D eigenvalue weighted by atomic mass is 10.3. The predicted octanol–water partition coefficient (Wildman–Crippen LogP) is 1.47. The Morgan fingerprint density at radius 3 is 3.00 bits per heavy atom. The largest absolute Gasteiger partial charge is 0.298 e. The van der Waals surface area contributed by atoms with Gasteiger partial charge in [-0.25, -0.2) is 0 Å². The summed E-state index contributed by atoms with van der Waals surface area (Å²) < 4.78 is 2.72. The number of carbonyl (C=O) groups excluding carboxylic acids is 1. The number of ketones is 1. The molecule has 1 heterocycles. The molecule has 0 N–H and O–H groups in total. The van der Waals surface area contributed by atoms with E-state index in [-0.39, 0.29) is 5.78 Å². The van der Waals surface area contributed by atoms with Gasteiger partial charge in [0.05, 0.1) is 16.3 Å². The molecule has 0 amide bonds. The van der Waals surface area contributed by atoms with E-state index in [1.165, 1.54) is 0 Å². The average Bonchev–Trinajstić information content (AvgIpc) is 2.35. The van der Waals surface area contributed by atoms with E-state index in [1.54, 1.807) is 10.9 Å². The summed E-state index contributed by atoms with van der Waals surface area (Å²) in [5.41, 5.74) is 0. The number of carbonyl (C=O) groups is 1. The molecule has 0 spiro atoms. The van der Waals surface area contributed by atoms with E-state index in [2.05, 4.69) is 27.7 Å². The summed E-state index contributed by atoms with van der Waals surface area (Å²) in [6, 6.07) is 0. The van der Waals surface area contributed by atoms with Crippen LogP contribution >= 0.6 is 22.6 Å². The molecule has 3 nitrogen and oxygen atoms in total. The fraction of sp³-hybridized carbons (Fsp3) is 0.429. The number of hydrogen-bond acceptors (Lipinski definition) is 2. The summed E-state index contributed by atoms with van der Waals surface area (Å²) in [7, 11) is 0. The number of aromatic nitrogens is 2. The molecule has 0 bridgehead atoms. The number of hydrogen-bond donors (Lipinski definition) is 0. The molecule has 0 atom stereocenters. The van der Waals surface area contributed by atoms with Crippen LogP contribution < -0.4 is 0 Å². The smallest absolute Gasteiger partial charge is 0.154 e. The van der Waals surface area contributed by atoms with Crippen molar-refractivity contribution in [2.24, 2.45) is 0 Å². The summed E-state index contributed by atoms with van der Waals surface area (Å²) in [6.07, 6.45) is 4.17. The van der Waals surface area contributed by atoms with Crippen molar-refractivity contribution in [3.05, 3.63) is 16.0 Å². The fourth-order valence-electron chi connectivity index (χ4n) is 0.717. The third kappa shape index (κ3) is 2.61. The van der Waals surface area contributed by atoms with Crippen molar-refractivity contribution in [3.63, 3.8) is 0 Å². The lowest BCUT2D eigenvalue weighted by molar-refractivity contribution is -0.119. The molecular weight excluding hydrogens is 255 g/mol. The summed E-state index contributed by atoms with van der Waals surface area (Å²) >= 11 is 2.16. The Morgan fingerprint density at radius 1 is 1.82 bits per heavy atom. The van der Waals surface area contributed by atoms with Crippen LogP contribution in [0, 0.1) is 3.57 Å². The molecule has 60 valence electrons. The molecule has 0 fully saturated rings. The molecular formula is C7H9IN2O. The number of Topliss-reactive ketones (excluding diaryl/α,β-unsaturated/α-hetero) is 1. The van der Waals surface area contributed by atoms with E-state index in [0.717, 1.165) is 3.57 Å². The molecule has 11 heavy (non-hydrogen) atoms. The zero-order chi connectivity index (χ0) is 8.27. The zero-order valence-electron chi connectivity index (χ0n) is 6.25. The maximum absolute atomic E-state index is 10.9. The van der Waals surface area contributed by atoms with Crippen molar-refractivity contribution < 1.29 is 4.79 Å². The standard InChI is InChI=1S/C7H9IN2O/c1-2-7(11)5-10-4-6(8)3-9-10/h3-4H,2,5H2,1H3. The van der Waals surface area contributed by atoms with Crippen LogP contribution in [-0.2, 0) is 11.3 Å². The molecule has 1 aromatic rings. The maximum Gasteiger partial charge on any atom is 0.154 e. The minimum Gasteiger partial charge on any atom is -0.298 e. The van der Waals surface area contributed by atoms with Crippen molar-refractivity contribution >= 4 is 28.4 Å². The third-order valence-corrected chi connectivity index (χ3v) is 1.89. The van der Waals surface area contributed by atoms with Gasteiger partial charge in [0.1, 0.15) is 0 Å². The third-order valence-electron chi connectivity index (χ3n) is 1.33. The molecule has 0 unspecified atom stereocenters. The Hall–Kier alpha value is -0.390. The molecule has 0 saturated heterocycles. The summed E-state index contributed by atoms with van der Waals surface area (Å²) in [6.45, 7) is 2.26. The van der Waals surface area contributed by atoms with Crippen LogP contribution in [0.15, 0.2) is 12.4 Å². The molecule has 0 aliphatic rings. The van der Waals surface area contributed by atoms with Gasteiger partial charge in [0.15, 0.2) is 5.78 Å². The predicted molar refractivity (Wildman–Crippen MR) is 50.2 cm³/mol. The molecule has 0 aromatic carbocycles. The molecule has 1 aromatic heterocycles. The van der Waals surface area contributed by atoms with Crippen LogP contribution in [0.1, 0.15) is 13.3 Å². The zero-order valence-corrected chi connectivity index (χ0v) is 8.41. The number of halogens is 1. The minimum absolute atomic E-state index is 0.213. The average molecular weight is 264 g/mol. The van der Waals surface area contributed by atoms with Crippen molar-refractivity contribution in [1.82, 2.24) is 9.78 Å². The number of rotatable bonds is 3. The van der Waals surface area contributed by atoms with E-state index in [9.17, 15) is 4.79 Å². The molecule has 0 saturated carbocycles. The van der Waals surface area contributed by atoms with Gasteiger partial charge in [-0.1, -0.05) is 6.92 Å². The second-order valence-electron chi connectivity index (χ2n) is 2.25. The van der Waals surface area contributed by atoms with Crippen LogP contribution in [0.25, 0.3) is 0 Å². The Bertz CT molecular complexity index is 257.